The Balaban J connectivity index is 2.32. The number of benzene rings is 1. The molecule has 0 unspecified atom stereocenters. The third-order valence-corrected chi connectivity index (χ3v) is 2.92. The molecule has 3 rings (SSSR count). The molecular weight excluding hydrogens is 214 g/mol. The van der Waals surface area contributed by atoms with Gasteiger partial charge >= 0.3 is 0 Å². The predicted octanol–water partition coefficient (Wildman–Crippen LogP) is 3.02. The molecule has 0 radical (unpaired) electrons. The second-order valence-corrected chi connectivity index (χ2v) is 4.29. The van der Waals surface area contributed by atoms with Crippen LogP contribution in [-0.4, -0.2) is 10.1 Å². The van der Waals surface area contributed by atoms with Gasteiger partial charge in [-0.2, -0.15) is 0 Å². The van der Waals surface area contributed by atoms with E-state index in [1.165, 1.54) is 5.56 Å². The van der Waals surface area contributed by atoms with Crippen molar-refractivity contribution in [2.24, 2.45) is 0 Å². The molecule has 0 bridgehead atoms. The molecule has 2 heterocycles. The normalized spacial score (nSPS) is 11.2. The van der Waals surface area contributed by atoms with E-state index >= 15 is 0 Å². The average Bonchev–Trinajstić information content (AvgIpc) is 2.80. The van der Waals surface area contributed by atoms with Crippen LogP contribution < -0.4 is 5.73 Å². The summed E-state index contributed by atoms with van der Waals surface area (Å²) in [6.07, 6.45) is 0. The fraction of sp³-hybridized carbons (Fsp3) is 0.154. The van der Waals surface area contributed by atoms with Crippen molar-refractivity contribution >= 4 is 16.7 Å². The molecule has 4 heteroatoms. The molecule has 0 aliphatic carbocycles. The quantitative estimate of drug-likeness (QED) is 0.671. The van der Waals surface area contributed by atoms with Crippen molar-refractivity contribution in [3.63, 3.8) is 0 Å². The Hall–Kier alpha value is -2.23. The van der Waals surface area contributed by atoms with Gasteiger partial charge in [-0.05, 0) is 25.5 Å². The topological polar surface area (TPSA) is 67.8 Å². The maximum Gasteiger partial charge on any atom is 0.171 e. The molecule has 0 aliphatic rings. The summed E-state index contributed by atoms with van der Waals surface area (Å²) in [6.45, 7) is 4.09. The molecule has 0 amide bonds. The number of nitrogens with one attached hydrogen (secondary N) is 1. The molecule has 3 N–H and O–H groups in total. The van der Waals surface area contributed by atoms with Crippen molar-refractivity contribution in [3.8, 4) is 11.3 Å². The Morgan fingerprint density at radius 1 is 1.24 bits per heavy atom. The minimum absolute atomic E-state index is 0.404. The van der Waals surface area contributed by atoms with Crippen LogP contribution in [-0.2, 0) is 0 Å². The molecule has 0 atom stereocenters. The van der Waals surface area contributed by atoms with Gasteiger partial charge < -0.3 is 15.2 Å². The summed E-state index contributed by atoms with van der Waals surface area (Å²) < 4.78 is 5.23. The Labute approximate surface area is 98.4 Å². The molecular formula is C13H13N3O. The molecule has 3 aromatic rings. The van der Waals surface area contributed by atoms with Crippen molar-refractivity contribution in [2.45, 2.75) is 13.8 Å². The van der Waals surface area contributed by atoms with Gasteiger partial charge in [-0.25, -0.2) is 0 Å². The fourth-order valence-electron chi connectivity index (χ4n) is 2.17. The zero-order valence-electron chi connectivity index (χ0n) is 9.74. The summed E-state index contributed by atoms with van der Waals surface area (Å²) >= 11 is 0. The lowest BCUT2D eigenvalue weighted by Crippen LogP contribution is -1.80. The van der Waals surface area contributed by atoms with Crippen LogP contribution in [0.2, 0.25) is 0 Å². The fourth-order valence-corrected chi connectivity index (χ4v) is 2.17. The Bertz CT molecular complexity index is 694. The zero-order valence-corrected chi connectivity index (χ0v) is 9.74. The third kappa shape index (κ3) is 1.49. The number of hydrogen-bond acceptors (Lipinski definition) is 3. The number of anilines is 1. The average molecular weight is 227 g/mol. The highest BCUT2D eigenvalue weighted by atomic mass is 16.5. The van der Waals surface area contributed by atoms with E-state index < -0.39 is 0 Å². The van der Waals surface area contributed by atoms with Crippen LogP contribution in [0.1, 0.15) is 11.3 Å². The number of aromatic nitrogens is 2. The van der Waals surface area contributed by atoms with E-state index in [0.717, 1.165) is 22.2 Å². The van der Waals surface area contributed by atoms with Crippen molar-refractivity contribution < 1.29 is 4.52 Å². The van der Waals surface area contributed by atoms with Gasteiger partial charge in [0.05, 0.1) is 0 Å². The number of H-pyrrole nitrogens is 1. The number of aromatic amines is 1. The van der Waals surface area contributed by atoms with Crippen molar-refractivity contribution in [3.05, 3.63) is 35.5 Å². The van der Waals surface area contributed by atoms with E-state index in [1.807, 2.05) is 6.92 Å². The van der Waals surface area contributed by atoms with Gasteiger partial charge in [-0.15, -0.1) is 0 Å². The number of rotatable bonds is 1. The van der Waals surface area contributed by atoms with Gasteiger partial charge in [0.1, 0.15) is 0 Å². The van der Waals surface area contributed by atoms with E-state index in [4.69, 9.17) is 10.3 Å². The summed E-state index contributed by atoms with van der Waals surface area (Å²) in [5.74, 6) is 1.11. The molecule has 86 valence electrons. The zero-order chi connectivity index (χ0) is 12.0. The van der Waals surface area contributed by atoms with E-state index in [0.29, 0.717) is 11.6 Å². The van der Waals surface area contributed by atoms with Crippen LogP contribution in [0.3, 0.4) is 0 Å². The second-order valence-electron chi connectivity index (χ2n) is 4.29. The van der Waals surface area contributed by atoms with Crippen LogP contribution in [0.4, 0.5) is 5.82 Å². The van der Waals surface area contributed by atoms with Gasteiger partial charge in [0.25, 0.3) is 0 Å². The highest BCUT2D eigenvalue weighted by Gasteiger charge is 2.14. The third-order valence-electron chi connectivity index (χ3n) is 2.92. The summed E-state index contributed by atoms with van der Waals surface area (Å²) in [7, 11) is 0. The Morgan fingerprint density at radius 2 is 2.06 bits per heavy atom. The number of aryl methyl sites for hydroxylation is 2. The maximum absolute atomic E-state index is 5.59. The van der Waals surface area contributed by atoms with E-state index in [9.17, 15) is 0 Å². The van der Waals surface area contributed by atoms with Crippen LogP contribution in [0, 0.1) is 13.8 Å². The van der Waals surface area contributed by atoms with Crippen LogP contribution in [0.15, 0.2) is 28.8 Å². The van der Waals surface area contributed by atoms with Crippen molar-refractivity contribution in [1.82, 2.24) is 10.1 Å². The van der Waals surface area contributed by atoms with Crippen LogP contribution in [0.25, 0.3) is 22.2 Å². The monoisotopic (exact) mass is 227 g/mol. The molecule has 2 aromatic heterocycles. The molecule has 0 spiro atoms. The molecule has 0 saturated heterocycles. The van der Waals surface area contributed by atoms with Crippen LogP contribution in [0.5, 0.6) is 0 Å². The lowest BCUT2D eigenvalue weighted by atomic mass is 10.1. The molecule has 1 aromatic carbocycles. The first-order valence-electron chi connectivity index (χ1n) is 5.46. The summed E-state index contributed by atoms with van der Waals surface area (Å²) in [6, 6.07) is 8.03. The number of nitrogens with zero attached hydrogens (tertiary/aromatic N) is 1. The van der Waals surface area contributed by atoms with Crippen molar-refractivity contribution in [1.29, 1.82) is 0 Å². The molecule has 0 aliphatic heterocycles. The number of nitrogens with two attached hydrogens (primary N) is 1. The van der Waals surface area contributed by atoms with E-state index in [-0.39, 0.29) is 0 Å². The predicted molar refractivity (Wildman–Crippen MR) is 67.7 cm³/mol. The minimum Gasteiger partial charge on any atom is -0.381 e. The smallest absolute Gasteiger partial charge is 0.171 e. The minimum atomic E-state index is 0.404. The summed E-state index contributed by atoms with van der Waals surface area (Å²) in [5, 5.41) is 4.86. The molecule has 17 heavy (non-hydrogen) atoms. The van der Waals surface area contributed by atoms with Crippen LogP contribution >= 0.6 is 0 Å². The van der Waals surface area contributed by atoms with E-state index in [2.05, 4.69) is 35.3 Å². The van der Waals surface area contributed by atoms with Crippen molar-refractivity contribution in [2.75, 3.05) is 5.73 Å². The highest BCUT2D eigenvalue weighted by molar-refractivity contribution is 5.96. The summed E-state index contributed by atoms with van der Waals surface area (Å²) in [4.78, 5) is 3.35. The Kier molecular flexibility index (Phi) is 1.98. The van der Waals surface area contributed by atoms with Gasteiger partial charge in [0, 0.05) is 28.2 Å². The largest absolute Gasteiger partial charge is 0.381 e. The van der Waals surface area contributed by atoms with Gasteiger partial charge in [-0.1, -0.05) is 17.3 Å². The lowest BCUT2D eigenvalue weighted by Gasteiger charge is -1.95. The maximum atomic E-state index is 5.59. The summed E-state index contributed by atoms with van der Waals surface area (Å²) in [5.41, 5.74) is 10.0. The number of hydrogen-bond donors (Lipinski definition) is 2. The molecule has 4 nitrogen and oxygen atoms in total. The molecule has 0 fully saturated rings. The second kappa shape index (κ2) is 3.38. The highest BCUT2D eigenvalue weighted by Crippen LogP contribution is 2.33. The standard InChI is InChI=1S/C13H13N3O/c1-7-3-4-9-10(5-7)15-8(2)13(9)11-6-12(14)16-17-11/h3-6,15H,1-2H3,(H2,14,16). The first-order valence-corrected chi connectivity index (χ1v) is 5.46. The molecule has 0 saturated carbocycles. The van der Waals surface area contributed by atoms with E-state index in [1.54, 1.807) is 6.07 Å². The lowest BCUT2D eigenvalue weighted by molar-refractivity contribution is 0.436. The van der Waals surface area contributed by atoms with Gasteiger partial charge in [0.2, 0.25) is 0 Å². The van der Waals surface area contributed by atoms with Gasteiger partial charge in [-0.3, -0.25) is 0 Å². The SMILES string of the molecule is Cc1ccc2c(-c3cc(N)no3)c(C)[nH]c2c1. The Morgan fingerprint density at radius 3 is 2.76 bits per heavy atom. The number of fused-ring (bicyclic) bond motifs is 1. The first kappa shape index (κ1) is 9.96. The first-order chi connectivity index (χ1) is 8.15. The van der Waals surface area contributed by atoms with Gasteiger partial charge in [0.15, 0.2) is 11.6 Å². The number of nitrogen functional groups attached to an aromatic ring is 1.